The Kier molecular flexibility index (Phi) is 6.36. The standard InChI is InChI=1S/C12H14ClIN2O3/c1-2-5-16(7-11(17)18)12(19)15-10-4-3-8(14)6-9(10)13/h3-4,6H,2,5,7H2,1H3,(H,15,19)(H,17,18). The lowest BCUT2D eigenvalue weighted by molar-refractivity contribution is -0.137. The van der Waals surface area contributed by atoms with Gasteiger partial charge < -0.3 is 15.3 Å². The number of hydrogen-bond donors (Lipinski definition) is 2. The Morgan fingerprint density at radius 3 is 2.68 bits per heavy atom. The van der Waals surface area contributed by atoms with Crippen LogP contribution < -0.4 is 5.32 Å². The number of nitrogens with zero attached hydrogens (tertiary/aromatic N) is 1. The fourth-order valence-electron chi connectivity index (χ4n) is 1.47. The minimum atomic E-state index is -1.04. The topological polar surface area (TPSA) is 69.6 Å². The Hall–Kier alpha value is -1.02. The first kappa shape index (κ1) is 16.0. The van der Waals surface area contributed by atoms with Crippen LogP contribution in [0.25, 0.3) is 0 Å². The molecule has 0 atom stereocenters. The van der Waals surface area contributed by atoms with Crippen molar-refractivity contribution in [2.24, 2.45) is 0 Å². The number of hydrogen-bond acceptors (Lipinski definition) is 2. The SMILES string of the molecule is CCCN(CC(=O)O)C(=O)Nc1ccc(I)cc1Cl. The van der Waals surface area contributed by atoms with Crippen molar-refractivity contribution in [2.75, 3.05) is 18.4 Å². The number of halogens is 2. The van der Waals surface area contributed by atoms with Gasteiger partial charge in [0, 0.05) is 10.1 Å². The summed E-state index contributed by atoms with van der Waals surface area (Å²) < 4.78 is 0.955. The molecule has 0 aliphatic heterocycles. The number of amides is 2. The van der Waals surface area contributed by atoms with Crippen LogP contribution in [0.15, 0.2) is 18.2 Å². The molecule has 0 aliphatic rings. The smallest absolute Gasteiger partial charge is 0.323 e. The van der Waals surface area contributed by atoms with Crippen LogP contribution in [0.2, 0.25) is 5.02 Å². The summed E-state index contributed by atoms with van der Waals surface area (Å²) in [5.74, 6) is -1.04. The monoisotopic (exact) mass is 396 g/mol. The van der Waals surface area contributed by atoms with Crippen LogP contribution in [-0.4, -0.2) is 35.1 Å². The van der Waals surface area contributed by atoms with Crippen molar-refractivity contribution < 1.29 is 14.7 Å². The fourth-order valence-corrected chi connectivity index (χ4v) is 2.37. The lowest BCUT2D eigenvalue weighted by Gasteiger charge is -2.20. The van der Waals surface area contributed by atoms with Gasteiger partial charge in [-0.2, -0.15) is 0 Å². The summed E-state index contributed by atoms with van der Waals surface area (Å²) in [5.41, 5.74) is 0.471. The molecule has 0 aromatic heterocycles. The predicted octanol–water partition coefficient (Wildman–Crippen LogP) is 3.27. The average Bonchev–Trinajstić information content (AvgIpc) is 2.31. The molecule has 7 heteroatoms. The number of aliphatic carboxylic acids is 1. The van der Waals surface area contributed by atoms with Crippen LogP contribution in [0, 0.1) is 3.57 Å². The van der Waals surface area contributed by atoms with Gasteiger partial charge in [-0.25, -0.2) is 4.79 Å². The molecule has 0 bridgehead atoms. The predicted molar refractivity (Wildman–Crippen MR) is 82.7 cm³/mol. The van der Waals surface area contributed by atoms with Crippen molar-refractivity contribution in [3.05, 3.63) is 26.8 Å². The molecule has 1 rings (SSSR count). The van der Waals surface area contributed by atoms with Crippen molar-refractivity contribution in [3.8, 4) is 0 Å². The maximum absolute atomic E-state index is 12.0. The zero-order valence-corrected chi connectivity index (χ0v) is 13.2. The maximum Gasteiger partial charge on any atom is 0.323 e. The number of rotatable bonds is 5. The van der Waals surface area contributed by atoms with Crippen molar-refractivity contribution >= 4 is 51.9 Å². The number of carboxylic acids is 1. The van der Waals surface area contributed by atoms with Crippen LogP contribution >= 0.6 is 34.2 Å². The van der Waals surface area contributed by atoms with E-state index in [1.54, 1.807) is 12.1 Å². The zero-order valence-electron chi connectivity index (χ0n) is 10.3. The highest BCUT2D eigenvalue weighted by Crippen LogP contribution is 2.24. The molecule has 0 heterocycles. The minimum absolute atomic E-state index is 0.332. The van der Waals surface area contributed by atoms with E-state index in [4.69, 9.17) is 16.7 Å². The summed E-state index contributed by atoms with van der Waals surface area (Å²) in [6.45, 7) is 1.92. The summed E-state index contributed by atoms with van der Waals surface area (Å²) in [7, 11) is 0. The van der Waals surface area contributed by atoms with Gasteiger partial charge in [-0.3, -0.25) is 4.79 Å². The van der Waals surface area contributed by atoms with Gasteiger partial charge in [0.1, 0.15) is 6.54 Å². The van der Waals surface area contributed by atoms with Gasteiger partial charge in [0.05, 0.1) is 10.7 Å². The number of benzene rings is 1. The molecular formula is C12H14ClIN2O3. The van der Waals surface area contributed by atoms with Crippen LogP contribution in [0.4, 0.5) is 10.5 Å². The molecule has 104 valence electrons. The zero-order chi connectivity index (χ0) is 14.4. The number of carboxylic acid groups (broad SMARTS) is 1. The molecule has 0 saturated heterocycles. The first-order chi connectivity index (χ1) is 8.93. The Bertz CT molecular complexity index is 482. The first-order valence-electron chi connectivity index (χ1n) is 5.66. The molecule has 1 aromatic rings. The van der Waals surface area contributed by atoms with Crippen LogP contribution in [0.1, 0.15) is 13.3 Å². The molecule has 5 nitrogen and oxygen atoms in total. The Labute approximate surface area is 130 Å². The quantitative estimate of drug-likeness (QED) is 0.751. The Balaban J connectivity index is 2.77. The average molecular weight is 397 g/mol. The van der Waals surface area contributed by atoms with Gasteiger partial charge >= 0.3 is 12.0 Å². The van der Waals surface area contributed by atoms with Gasteiger partial charge in [0.15, 0.2) is 0 Å². The molecule has 0 aliphatic carbocycles. The van der Waals surface area contributed by atoms with Crippen molar-refractivity contribution in [3.63, 3.8) is 0 Å². The van der Waals surface area contributed by atoms with E-state index in [0.717, 1.165) is 3.57 Å². The summed E-state index contributed by atoms with van der Waals surface area (Å²) in [6, 6.07) is 4.75. The van der Waals surface area contributed by atoms with Gasteiger partial charge in [-0.15, -0.1) is 0 Å². The molecule has 0 unspecified atom stereocenters. The van der Waals surface area contributed by atoms with Gasteiger partial charge in [0.25, 0.3) is 0 Å². The molecule has 19 heavy (non-hydrogen) atoms. The van der Waals surface area contributed by atoms with E-state index < -0.39 is 12.0 Å². The summed E-state index contributed by atoms with van der Waals surface area (Å²) in [6.07, 6.45) is 0.682. The van der Waals surface area contributed by atoms with E-state index in [2.05, 4.69) is 27.9 Å². The number of carbonyl (C=O) groups is 2. The third-order valence-electron chi connectivity index (χ3n) is 2.28. The summed E-state index contributed by atoms with van der Waals surface area (Å²) in [5, 5.41) is 11.8. The largest absolute Gasteiger partial charge is 0.480 e. The van der Waals surface area contributed by atoms with Gasteiger partial charge in [-0.1, -0.05) is 18.5 Å². The molecule has 0 fully saturated rings. The normalized spacial score (nSPS) is 10.1. The highest BCUT2D eigenvalue weighted by molar-refractivity contribution is 14.1. The second-order valence-electron chi connectivity index (χ2n) is 3.87. The van der Waals surface area contributed by atoms with E-state index in [0.29, 0.717) is 23.7 Å². The van der Waals surface area contributed by atoms with E-state index in [9.17, 15) is 9.59 Å². The summed E-state index contributed by atoms with van der Waals surface area (Å²) in [4.78, 5) is 23.9. The lowest BCUT2D eigenvalue weighted by atomic mass is 10.3. The van der Waals surface area contributed by atoms with Gasteiger partial charge in [0.2, 0.25) is 0 Å². The maximum atomic E-state index is 12.0. The summed E-state index contributed by atoms with van der Waals surface area (Å²) >= 11 is 8.12. The number of nitrogens with one attached hydrogen (secondary N) is 1. The van der Waals surface area contributed by atoms with Crippen LogP contribution in [-0.2, 0) is 4.79 Å². The van der Waals surface area contributed by atoms with Crippen LogP contribution in [0.5, 0.6) is 0 Å². The molecule has 0 saturated carbocycles. The van der Waals surface area contributed by atoms with Crippen molar-refractivity contribution in [2.45, 2.75) is 13.3 Å². The van der Waals surface area contributed by atoms with E-state index in [1.165, 1.54) is 4.90 Å². The second-order valence-corrected chi connectivity index (χ2v) is 5.52. The number of carbonyl (C=O) groups excluding carboxylic acids is 1. The van der Waals surface area contributed by atoms with Gasteiger partial charge in [-0.05, 0) is 47.2 Å². The van der Waals surface area contributed by atoms with E-state index >= 15 is 0 Å². The highest BCUT2D eigenvalue weighted by atomic mass is 127. The highest BCUT2D eigenvalue weighted by Gasteiger charge is 2.16. The van der Waals surface area contributed by atoms with Crippen LogP contribution in [0.3, 0.4) is 0 Å². The second kappa shape index (κ2) is 7.54. The Morgan fingerprint density at radius 1 is 1.47 bits per heavy atom. The van der Waals surface area contributed by atoms with E-state index in [-0.39, 0.29) is 6.54 Å². The molecule has 2 N–H and O–H groups in total. The minimum Gasteiger partial charge on any atom is -0.480 e. The first-order valence-corrected chi connectivity index (χ1v) is 7.12. The molecule has 1 aromatic carbocycles. The number of urea groups is 1. The van der Waals surface area contributed by atoms with E-state index in [1.807, 2.05) is 13.0 Å². The fraction of sp³-hybridized carbons (Fsp3) is 0.333. The third-order valence-corrected chi connectivity index (χ3v) is 3.26. The molecular weight excluding hydrogens is 382 g/mol. The van der Waals surface area contributed by atoms with Crippen molar-refractivity contribution in [1.29, 1.82) is 0 Å². The third kappa shape index (κ3) is 5.23. The molecule has 0 spiro atoms. The molecule has 2 amide bonds. The number of anilines is 1. The van der Waals surface area contributed by atoms with Crippen molar-refractivity contribution in [1.82, 2.24) is 4.90 Å². The Morgan fingerprint density at radius 2 is 2.16 bits per heavy atom. The lowest BCUT2D eigenvalue weighted by Crippen LogP contribution is -2.39. The molecule has 0 radical (unpaired) electrons.